The number of rotatable bonds is 4. The van der Waals surface area contributed by atoms with Crippen molar-refractivity contribution in [2.75, 3.05) is 18.0 Å². The number of hydrogen-bond donors (Lipinski definition) is 2. The third-order valence-electron chi connectivity index (χ3n) is 2.44. The van der Waals surface area contributed by atoms with Crippen LogP contribution in [-0.2, 0) is 0 Å². The zero-order chi connectivity index (χ0) is 14.6. The lowest BCUT2D eigenvalue weighted by Gasteiger charge is -2.26. The molecule has 0 saturated heterocycles. The maximum Gasteiger partial charge on any atom is 0.405 e. The fraction of sp³-hybridized carbons (Fsp3) is 0.364. The van der Waals surface area contributed by atoms with E-state index >= 15 is 0 Å². The first kappa shape index (κ1) is 15.4. The Bertz CT molecular complexity index is 477. The van der Waals surface area contributed by atoms with Crippen LogP contribution < -0.4 is 10.6 Å². The molecule has 0 aliphatic rings. The molecule has 0 amide bonds. The molecule has 0 bridgehead atoms. The highest BCUT2D eigenvalue weighted by molar-refractivity contribution is 6.31. The van der Waals surface area contributed by atoms with Crippen molar-refractivity contribution in [3.63, 3.8) is 0 Å². The first-order valence-electron chi connectivity index (χ1n) is 5.37. The minimum absolute atomic E-state index is 0.103. The van der Waals surface area contributed by atoms with Crippen LogP contribution in [0.5, 0.6) is 0 Å². The van der Waals surface area contributed by atoms with Gasteiger partial charge in [-0.1, -0.05) is 16.8 Å². The summed E-state index contributed by atoms with van der Waals surface area (Å²) in [6, 6.07) is 4.22. The van der Waals surface area contributed by atoms with Crippen molar-refractivity contribution in [3.05, 3.63) is 28.8 Å². The quantitative estimate of drug-likeness (QED) is 0.389. The van der Waals surface area contributed by atoms with E-state index < -0.39 is 12.7 Å². The van der Waals surface area contributed by atoms with E-state index in [9.17, 15) is 13.2 Å². The number of oxime groups is 1. The average molecular weight is 296 g/mol. The molecule has 3 N–H and O–H groups in total. The zero-order valence-corrected chi connectivity index (χ0v) is 10.8. The summed E-state index contributed by atoms with van der Waals surface area (Å²) in [7, 11) is 0. The van der Waals surface area contributed by atoms with Gasteiger partial charge in [0.05, 0.1) is 0 Å². The standard InChI is InChI=1S/C11H13ClF3N3O/c1-2-18(6-11(13,14)15)9-5-7(12)3-4-8(9)10(16)17-19/h3-5,19H,2,6H2,1H3,(H2,16,17). The Labute approximate surface area is 113 Å². The normalized spacial score (nSPS) is 12.6. The first-order chi connectivity index (χ1) is 8.78. The van der Waals surface area contributed by atoms with Gasteiger partial charge in [0.25, 0.3) is 0 Å². The summed E-state index contributed by atoms with van der Waals surface area (Å²) in [5.41, 5.74) is 5.81. The van der Waals surface area contributed by atoms with Gasteiger partial charge in [-0.2, -0.15) is 13.2 Å². The summed E-state index contributed by atoms with van der Waals surface area (Å²) in [5, 5.41) is 11.7. The highest BCUT2D eigenvalue weighted by atomic mass is 35.5. The van der Waals surface area contributed by atoms with E-state index in [1.165, 1.54) is 18.2 Å². The monoisotopic (exact) mass is 295 g/mol. The maximum absolute atomic E-state index is 12.5. The van der Waals surface area contributed by atoms with Crippen LogP contribution in [0.1, 0.15) is 12.5 Å². The SMILES string of the molecule is CCN(CC(F)(F)F)c1cc(Cl)ccc1C(N)=NO. The van der Waals surface area contributed by atoms with Gasteiger partial charge < -0.3 is 15.8 Å². The molecular formula is C11H13ClF3N3O. The lowest BCUT2D eigenvalue weighted by atomic mass is 10.1. The van der Waals surface area contributed by atoms with Gasteiger partial charge in [-0.3, -0.25) is 0 Å². The molecule has 0 aromatic heterocycles. The molecule has 0 unspecified atom stereocenters. The summed E-state index contributed by atoms with van der Waals surface area (Å²) in [6.45, 7) is 0.532. The van der Waals surface area contributed by atoms with Gasteiger partial charge in [-0.25, -0.2) is 0 Å². The molecule has 0 atom stereocenters. The highest BCUT2D eigenvalue weighted by Crippen LogP contribution is 2.28. The number of amidine groups is 1. The van der Waals surface area contributed by atoms with Crippen molar-refractivity contribution in [1.82, 2.24) is 0 Å². The van der Waals surface area contributed by atoms with E-state index in [-0.39, 0.29) is 28.7 Å². The molecule has 4 nitrogen and oxygen atoms in total. The number of nitrogens with two attached hydrogens (primary N) is 1. The molecule has 106 valence electrons. The summed E-state index contributed by atoms with van der Waals surface area (Å²) < 4.78 is 37.5. The Morgan fingerprint density at radius 3 is 2.58 bits per heavy atom. The Kier molecular flexibility index (Phi) is 4.88. The lowest BCUT2D eigenvalue weighted by Crippen LogP contribution is -2.35. The zero-order valence-electron chi connectivity index (χ0n) is 10.1. The van der Waals surface area contributed by atoms with Gasteiger partial charge in [0.15, 0.2) is 5.84 Å². The van der Waals surface area contributed by atoms with Gasteiger partial charge in [0, 0.05) is 22.8 Å². The maximum atomic E-state index is 12.5. The molecule has 0 fully saturated rings. The van der Waals surface area contributed by atoms with Crippen LogP contribution >= 0.6 is 11.6 Å². The summed E-state index contributed by atoms with van der Waals surface area (Å²) in [4.78, 5) is 1.05. The van der Waals surface area contributed by atoms with Crippen molar-refractivity contribution in [2.45, 2.75) is 13.1 Å². The van der Waals surface area contributed by atoms with Gasteiger partial charge in [0.2, 0.25) is 0 Å². The van der Waals surface area contributed by atoms with Crippen molar-refractivity contribution in [3.8, 4) is 0 Å². The fourth-order valence-corrected chi connectivity index (χ4v) is 1.79. The molecule has 0 heterocycles. The molecule has 1 aromatic carbocycles. The van der Waals surface area contributed by atoms with Crippen LogP contribution in [0.2, 0.25) is 5.02 Å². The van der Waals surface area contributed by atoms with E-state index in [1.807, 2.05) is 0 Å². The van der Waals surface area contributed by atoms with Gasteiger partial charge >= 0.3 is 6.18 Å². The molecule has 0 saturated carbocycles. The van der Waals surface area contributed by atoms with Crippen molar-refractivity contribution in [1.29, 1.82) is 0 Å². The molecule has 0 radical (unpaired) electrons. The molecule has 0 aliphatic heterocycles. The van der Waals surface area contributed by atoms with E-state index in [4.69, 9.17) is 22.5 Å². The van der Waals surface area contributed by atoms with E-state index in [0.717, 1.165) is 4.90 Å². The van der Waals surface area contributed by atoms with Crippen LogP contribution in [0.4, 0.5) is 18.9 Å². The summed E-state index contributed by atoms with van der Waals surface area (Å²) >= 11 is 5.79. The predicted octanol–water partition coefficient (Wildman–Crippen LogP) is 2.82. The number of benzene rings is 1. The molecule has 1 aromatic rings. The van der Waals surface area contributed by atoms with Crippen molar-refractivity contribution < 1.29 is 18.4 Å². The predicted molar refractivity (Wildman–Crippen MR) is 67.9 cm³/mol. The first-order valence-corrected chi connectivity index (χ1v) is 5.75. The van der Waals surface area contributed by atoms with Crippen LogP contribution in [0, 0.1) is 0 Å². The molecule has 8 heteroatoms. The third kappa shape index (κ3) is 4.20. The number of nitrogens with zero attached hydrogens (tertiary/aromatic N) is 2. The second-order valence-corrected chi connectivity index (χ2v) is 4.21. The highest BCUT2D eigenvalue weighted by Gasteiger charge is 2.31. The number of hydrogen-bond acceptors (Lipinski definition) is 3. The van der Waals surface area contributed by atoms with Gasteiger partial charge in [0.1, 0.15) is 6.54 Å². The van der Waals surface area contributed by atoms with E-state index in [1.54, 1.807) is 6.92 Å². The second-order valence-electron chi connectivity index (χ2n) is 3.78. The number of anilines is 1. The summed E-state index contributed by atoms with van der Waals surface area (Å²) in [5.74, 6) is -0.271. The Balaban J connectivity index is 3.25. The lowest BCUT2D eigenvalue weighted by molar-refractivity contribution is -0.119. The number of halogens is 4. The van der Waals surface area contributed by atoms with E-state index in [0.29, 0.717) is 0 Å². The smallest absolute Gasteiger partial charge is 0.405 e. The minimum atomic E-state index is -4.36. The van der Waals surface area contributed by atoms with E-state index in [2.05, 4.69) is 5.16 Å². The van der Waals surface area contributed by atoms with Gasteiger partial charge in [-0.05, 0) is 25.1 Å². The fourth-order valence-electron chi connectivity index (χ4n) is 1.62. The minimum Gasteiger partial charge on any atom is -0.409 e. The number of alkyl halides is 3. The molecule has 0 aliphatic carbocycles. The molecule has 19 heavy (non-hydrogen) atoms. The topological polar surface area (TPSA) is 61.8 Å². The van der Waals surface area contributed by atoms with Crippen LogP contribution in [0.25, 0.3) is 0 Å². The van der Waals surface area contributed by atoms with Crippen LogP contribution in [0.3, 0.4) is 0 Å². The average Bonchev–Trinajstić information content (AvgIpc) is 2.33. The van der Waals surface area contributed by atoms with Crippen LogP contribution in [0.15, 0.2) is 23.4 Å². The van der Waals surface area contributed by atoms with Gasteiger partial charge in [-0.15, -0.1) is 0 Å². The third-order valence-corrected chi connectivity index (χ3v) is 2.67. The Morgan fingerprint density at radius 1 is 1.47 bits per heavy atom. The Hall–Kier alpha value is -1.63. The molecule has 1 rings (SSSR count). The second kappa shape index (κ2) is 6.01. The Morgan fingerprint density at radius 2 is 2.11 bits per heavy atom. The largest absolute Gasteiger partial charge is 0.409 e. The molecular weight excluding hydrogens is 283 g/mol. The van der Waals surface area contributed by atoms with Crippen molar-refractivity contribution in [2.24, 2.45) is 10.9 Å². The van der Waals surface area contributed by atoms with Crippen molar-refractivity contribution >= 4 is 23.1 Å². The molecule has 0 spiro atoms. The summed E-state index contributed by atoms with van der Waals surface area (Å²) in [6.07, 6.45) is -4.36. The van der Waals surface area contributed by atoms with Crippen LogP contribution in [-0.4, -0.2) is 30.3 Å².